The van der Waals surface area contributed by atoms with E-state index in [0.29, 0.717) is 35.2 Å². The molecule has 4 nitrogen and oxygen atoms in total. The van der Waals surface area contributed by atoms with Gasteiger partial charge in [-0.2, -0.15) is 0 Å². The lowest BCUT2D eigenvalue weighted by Gasteiger charge is -2.19. The minimum absolute atomic E-state index is 0.216. The van der Waals surface area contributed by atoms with Crippen LogP contribution in [0.25, 0.3) is 0 Å². The first-order valence-corrected chi connectivity index (χ1v) is 8.34. The molecule has 6 heteroatoms. The van der Waals surface area contributed by atoms with E-state index < -0.39 is 0 Å². The molecule has 0 heterocycles. The maximum atomic E-state index is 13.0. The fourth-order valence-corrected chi connectivity index (χ4v) is 2.61. The summed E-state index contributed by atoms with van der Waals surface area (Å²) in [5.41, 5.74) is 1.23. The third-order valence-electron chi connectivity index (χ3n) is 3.61. The fraction of sp³-hybridized carbons (Fsp3) is 0.316. The van der Waals surface area contributed by atoms with Crippen LogP contribution in [0.4, 0.5) is 4.39 Å². The molecule has 2 rings (SSSR count). The van der Waals surface area contributed by atoms with Crippen molar-refractivity contribution in [3.05, 3.63) is 58.4 Å². The van der Waals surface area contributed by atoms with Crippen molar-refractivity contribution >= 4 is 17.5 Å². The van der Waals surface area contributed by atoms with Crippen LogP contribution in [0.5, 0.6) is 11.5 Å². The molecular weight excluding hydrogens is 345 g/mol. The molecule has 0 fully saturated rings. The Balaban J connectivity index is 2.20. The summed E-state index contributed by atoms with van der Waals surface area (Å²) in [5.74, 6) is 0.326. The number of ether oxygens (including phenoxy) is 2. The highest BCUT2D eigenvalue weighted by atomic mass is 35.5. The third kappa shape index (κ3) is 4.86. The van der Waals surface area contributed by atoms with Gasteiger partial charge in [-0.15, -0.1) is 0 Å². The molecule has 0 unspecified atom stereocenters. The minimum Gasteiger partial charge on any atom is -0.493 e. The Hall–Kier alpha value is -2.27. The van der Waals surface area contributed by atoms with Gasteiger partial charge in [0.05, 0.1) is 18.7 Å². The van der Waals surface area contributed by atoms with Gasteiger partial charge in [0.25, 0.3) is 5.91 Å². The maximum absolute atomic E-state index is 13.0. The van der Waals surface area contributed by atoms with Crippen LogP contribution in [0.15, 0.2) is 36.4 Å². The highest BCUT2D eigenvalue weighted by Gasteiger charge is 2.18. The van der Waals surface area contributed by atoms with E-state index in [2.05, 4.69) is 0 Å². The molecule has 2 aromatic carbocycles. The number of carbonyl (C=O) groups excluding carboxylic acids is 1. The highest BCUT2D eigenvalue weighted by Crippen LogP contribution is 2.36. The van der Waals surface area contributed by atoms with Gasteiger partial charge in [-0.25, -0.2) is 4.39 Å². The Morgan fingerprint density at radius 1 is 1.24 bits per heavy atom. The number of hydrogen-bond acceptors (Lipinski definition) is 3. The molecule has 25 heavy (non-hydrogen) atoms. The Morgan fingerprint density at radius 3 is 2.52 bits per heavy atom. The second-order valence-electron chi connectivity index (χ2n) is 5.63. The van der Waals surface area contributed by atoms with E-state index in [1.54, 1.807) is 31.3 Å². The minimum atomic E-state index is -0.308. The van der Waals surface area contributed by atoms with Gasteiger partial charge >= 0.3 is 0 Å². The van der Waals surface area contributed by atoms with Crippen molar-refractivity contribution < 1.29 is 18.7 Å². The van der Waals surface area contributed by atoms with E-state index in [4.69, 9.17) is 21.1 Å². The first-order chi connectivity index (χ1) is 12.0. The Bertz CT molecular complexity index is 734. The largest absolute Gasteiger partial charge is 0.493 e. The number of nitrogens with zero attached hydrogens (tertiary/aromatic N) is 1. The molecule has 0 aliphatic heterocycles. The second-order valence-corrected chi connectivity index (χ2v) is 6.03. The average molecular weight is 366 g/mol. The summed E-state index contributed by atoms with van der Waals surface area (Å²) >= 11 is 6.26. The average Bonchev–Trinajstić information content (AvgIpc) is 2.61. The molecule has 0 aliphatic carbocycles. The van der Waals surface area contributed by atoms with Crippen LogP contribution in [0.2, 0.25) is 5.02 Å². The molecule has 0 atom stereocenters. The monoisotopic (exact) mass is 365 g/mol. The second kappa shape index (κ2) is 8.72. The van der Waals surface area contributed by atoms with Crippen molar-refractivity contribution in [1.29, 1.82) is 0 Å². The predicted octanol–water partition coefficient (Wildman–Crippen LogP) is 4.55. The molecule has 0 radical (unpaired) electrons. The molecule has 0 aromatic heterocycles. The Morgan fingerprint density at radius 2 is 1.92 bits per heavy atom. The highest BCUT2D eigenvalue weighted by molar-refractivity contribution is 6.32. The normalized spacial score (nSPS) is 10.4. The number of methoxy groups -OCH3 is 1. The summed E-state index contributed by atoms with van der Waals surface area (Å²) < 4.78 is 23.9. The standard InChI is InChI=1S/C19H21ClFNO3/c1-4-9-25-18-16(20)10-14(11-17(18)24-3)19(23)22(2)12-13-5-7-15(21)8-6-13/h5-8,10-11H,4,9,12H2,1-3H3. The number of benzene rings is 2. The lowest BCUT2D eigenvalue weighted by atomic mass is 10.1. The molecule has 0 bridgehead atoms. The fourth-order valence-electron chi connectivity index (χ4n) is 2.34. The van der Waals surface area contributed by atoms with Gasteiger partial charge in [-0.05, 0) is 36.2 Å². The SMILES string of the molecule is CCCOc1c(Cl)cc(C(=O)N(C)Cc2ccc(F)cc2)cc1OC. The van der Waals surface area contributed by atoms with E-state index in [0.717, 1.165) is 12.0 Å². The molecule has 0 saturated heterocycles. The van der Waals surface area contributed by atoms with Gasteiger partial charge in [0.15, 0.2) is 11.5 Å². The number of amides is 1. The first-order valence-electron chi connectivity index (χ1n) is 7.96. The molecule has 0 spiro atoms. The lowest BCUT2D eigenvalue weighted by molar-refractivity contribution is 0.0784. The molecular formula is C19H21ClFNO3. The smallest absolute Gasteiger partial charge is 0.254 e. The quantitative estimate of drug-likeness (QED) is 0.722. The predicted molar refractivity (Wildman–Crippen MR) is 96.0 cm³/mol. The van der Waals surface area contributed by atoms with Crippen LogP contribution in [-0.2, 0) is 6.54 Å². The van der Waals surface area contributed by atoms with Crippen LogP contribution in [-0.4, -0.2) is 31.6 Å². The van der Waals surface area contributed by atoms with Crippen molar-refractivity contribution in [2.24, 2.45) is 0 Å². The molecule has 0 aliphatic rings. The third-order valence-corrected chi connectivity index (χ3v) is 3.89. The van der Waals surface area contributed by atoms with Gasteiger partial charge in [-0.1, -0.05) is 30.7 Å². The van der Waals surface area contributed by atoms with Crippen molar-refractivity contribution in [3.63, 3.8) is 0 Å². The lowest BCUT2D eigenvalue weighted by Crippen LogP contribution is -2.26. The van der Waals surface area contributed by atoms with Crippen LogP contribution < -0.4 is 9.47 Å². The van der Waals surface area contributed by atoms with Gasteiger partial charge in [0.2, 0.25) is 0 Å². The van der Waals surface area contributed by atoms with Crippen molar-refractivity contribution in [2.45, 2.75) is 19.9 Å². The number of carbonyl (C=O) groups is 1. The Labute approximate surface area is 152 Å². The molecule has 0 saturated carbocycles. The summed E-state index contributed by atoms with van der Waals surface area (Å²) in [6, 6.07) is 9.21. The van der Waals surface area contributed by atoms with E-state index in [9.17, 15) is 9.18 Å². The van der Waals surface area contributed by atoms with Gasteiger partial charge < -0.3 is 14.4 Å². The van der Waals surface area contributed by atoms with E-state index in [1.165, 1.54) is 24.1 Å². The molecule has 0 N–H and O–H groups in total. The summed E-state index contributed by atoms with van der Waals surface area (Å²) in [6.07, 6.45) is 0.834. The van der Waals surface area contributed by atoms with Crippen LogP contribution in [0, 0.1) is 5.82 Å². The summed E-state index contributed by atoms with van der Waals surface area (Å²) in [4.78, 5) is 14.2. The van der Waals surface area contributed by atoms with E-state index in [-0.39, 0.29) is 11.7 Å². The summed E-state index contributed by atoms with van der Waals surface area (Å²) in [7, 11) is 3.18. The molecule has 2 aromatic rings. The first kappa shape index (κ1) is 19.1. The molecule has 134 valence electrons. The zero-order valence-corrected chi connectivity index (χ0v) is 15.3. The topological polar surface area (TPSA) is 38.8 Å². The summed E-state index contributed by atoms with van der Waals surface area (Å²) in [6.45, 7) is 2.85. The zero-order chi connectivity index (χ0) is 18.4. The molecule has 1 amide bonds. The van der Waals surface area contributed by atoms with Crippen LogP contribution in [0.3, 0.4) is 0 Å². The van der Waals surface area contributed by atoms with E-state index >= 15 is 0 Å². The van der Waals surface area contributed by atoms with Gasteiger partial charge in [-0.3, -0.25) is 4.79 Å². The van der Waals surface area contributed by atoms with Crippen LogP contribution >= 0.6 is 11.6 Å². The number of hydrogen-bond donors (Lipinski definition) is 0. The van der Waals surface area contributed by atoms with Crippen molar-refractivity contribution in [1.82, 2.24) is 4.90 Å². The Kier molecular flexibility index (Phi) is 6.65. The maximum Gasteiger partial charge on any atom is 0.254 e. The van der Waals surface area contributed by atoms with Crippen molar-refractivity contribution in [2.75, 3.05) is 20.8 Å². The zero-order valence-electron chi connectivity index (χ0n) is 14.5. The van der Waals surface area contributed by atoms with Crippen LogP contribution in [0.1, 0.15) is 29.3 Å². The van der Waals surface area contributed by atoms with E-state index in [1.807, 2.05) is 6.92 Å². The number of rotatable bonds is 7. The van der Waals surface area contributed by atoms with Gasteiger partial charge in [0, 0.05) is 19.2 Å². The summed E-state index contributed by atoms with van der Waals surface area (Å²) in [5, 5.41) is 0.325. The van der Waals surface area contributed by atoms with Gasteiger partial charge in [0.1, 0.15) is 5.82 Å². The van der Waals surface area contributed by atoms with Crippen molar-refractivity contribution in [3.8, 4) is 11.5 Å². The number of halogens is 2.